The van der Waals surface area contributed by atoms with E-state index in [0.29, 0.717) is 25.6 Å². The van der Waals surface area contributed by atoms with Crippen molar-refractivity contribution in [2.24, 2.45) is 4.99 Å². The van der Waals surface area contributed by atoms with Crippen LogP contribution >= 0.6 is 24.0 Å². The van der Waals surface area contributed by atoms with E-state index in [-0.39, 0.29) is 35.7 Å². The summed E-state index contributed by atoms with van der Waals surface area (Å²) in [6.07, 6.45) is 4.41. The molecule has 1 saturated heterocycles. The maximum atomic E-state index is 14.1. The first-order valence-corrected chi connectivity index (χ1v) is 9.89. The third-order valence-corrected chi connectivity index (χ3v) is 5.15. The fourth-order valence-electron chi connectivity index (χ4n) is 3.68. The Morgan fingerprint density at radius 2 is 1.94 bits per heavy atom. The lowest BCUT2D eigenvalue weighted by atomic mass is 10.2. The van der Waals surface area contributed by atoms with Crippen molar-refractivity contribution >= 4 is 35.6 Å². The lowest BCUT2D eigenvalue weighted by Gasteiger charge is -2.21. The molecule has 9 heteroatoms. The molecule has 0 bridgehead atoms. The SMILES string of the molecule is CN=C(NCc1cccc(-n2cccn2)c1)NC1CCN(c2c(F)cccc2F)C1.I. The number of rotatable bonds is 5. The molecule has 164 valence electrons. The van der Waals surface area contributed by atoms with Gasteiger partial charge in [-0.05, 0) is 42.3 Å². The fraction of sp³-hybridized carbons (Fsp3) is 0.273. The highest BCUT2D eigenvalue weighted by molar-refractivity contribution is 14.0. The Balaban J connectivity index is 0.00000272. The fourth-order valence-corrected chi connectivity index (χ4v) is 3.68. The van der Waals surface area contributed by atoms with E-state index in [9.17, 15) is 8.78 Å². The number of anilines is 1. The maximum absolute atomic E-state index is 14.1. The summed E-state index contributed by atoms with van der Waals surface area (Å²) < 4.78 is 29.9. The zero-order valence-corrected chi connectivity index (χ0v) is 19.5. The van der Waals surface area contributed by atoms with Gasteiger partial charge in [0.25, 0.3) is 0 Å². The van der Waals surface area contributed by atoms with Gasteiger partial charge < -0.3 is 15.5 Å². The van der Waals surface area contributed by atoms with Crippen LogP contribution in [0.15, 0.2) is 65.9 Å². The first-order chi connectivity index (χ1) is 14.6. The number of halogens is 3. The van der Waals surface area contributed by atoms with Crippen LogP contribution in [-0.2, 0) is 6.54 Å². The summed E-state index contributed by atoms with van der Waals surface area (Å²) in [5.41, 5.74) is 2.12. The van der Waals surface area contributed by atoms with Crippen molar-refractivity contribution in [1.29, 1.82) is 0 Å². The molecule has 0 aliphatic carbocycles. The molecule has 4 rings (SSSR count). The number of hydrogen-bond acceptors (Lipinski definition) is 3. The molecule has 1 atom stereocenters. The average Bonchev–Trinajstić information content (AvgIpc) is 3.44. The molecule has 1 aromatic heterocycles. The van der Waals surface area contributed by atoms with Gasteiger partial charge in [-0.3, -0.25) is 4.99 Å². The molecular weight excluding hydrogens is 513 g/mol. The lowest BCUT2D eigenvalue weighted by molar-refractivity contribution is 0.576. The molecule has 31 heavy (non-hydrogen) atoms. The van der Waals surface area contributed by atoms with E-state index in [1.165, 1.54) is 18.2 Å². The monoisotopic (exact) mass is 538 g/mol. The standard InChI is InChI=1S/C22H24F2N6.HI/c1-25-22(26-14-16-5-2-6-18(13-16)30-11-4-10-27-30)28-17-9-12-29(15-17)21-19(23)7-3-8-20(21)24;/h2-8,10-11,13,17H,9,12,14-15H2,1H3,(H2,25,26,28);1H. The van der Waals surface area contributed by atoms with Gasteiger partial charge >= 0.3 is 0 Å². The van der Waals surface area contributed by atoms with Crippen LogP contribution in [-0.4, -0.2) is 41.9 Å². The number of guanidine groups is 1. The van der Waals surface area contributed by atoms with Crippen LogP contribution in [0.1, 0.15) is 12.0 Å². The highest BCUT2D eigenvalue weighted by Crippen LogP contribution is 2.26. The summed E-state index contributed by atoms with van der Waals surface area (Å²) in [6.45, 7) is 1.68. The third-order valence-electron chi connectivity index (χ3n) is 5.15. The van der Waals surface area contributed by atoms with Gasteiger partial charge in [-0.25, -0.2) is 13.5 Å². The average molecular weight is 538 g/mol. The molecule has 1 unspecified atom stereocenters. The number of nitrogens with one attached hydrogen (secondary N) is 2. The van der Waals surface area contributed by atoms with Crippen LogP contribution in [0.3, 0.4) is 0 Å². The maximum Gasteiger partial charge on any atom is 0.191 e. The molecule has 6 nitrogen and oxygen atoms in total. The van der Waals surface area contributed by atoms with Crippen LogP contribution in [0.2, 0.25) is 0 Å². The van der Waals surface area contributed by atoms with Gasteiger partial charge in [-0.1, -0.05) is 18.2 Å². The Bertz CT molecular complexity index is 1000. The van der Waals surface area contributed by atoms with Crippen LogP contribution in [0.25, 0.3) is 5.69 Å². The molecule has 1 fully saturated rings. The van der Waals surface area contributed by atoms with Gasteiger partial charge in [0.1, 0.15) is 17.3 Å². The Labute approximate surface area is 197 Å². The van der Waals surface area contributed by atoms with Crippen molar-refractivity contribution in [3.05, 3.63) is 78.1 Å². The van der Waals surface area contributed by atoms with Gasteiger partial charge in [0.2, 0.25) is 0 Å². The van der Waals surface area contributed by atoms with Gasteiger partial charge in [0.15, 0.2) is 5.96 Å². The van der Waals surface area contributed by atoms with E-state index in [1.807, 2.05) is 35.1 Å². The summed E-state index contributed by atoms with van der Waals surface area (Å²) in [5, 5.41) is 10.9. The summed E-state index contributed by atoms with van der Waals surface area (Å²) >= 11 is 0. The van der Waals surface area contributed by atoms with E-state index in [0.717, 1.165) is 17.7 Å². The Hall–Kier alpha value is -2.69. The number of hydrogen-bond donors (Lipinski definition) is 2. The normalized spacial score (nSPS) is 16.2. The molecule has 0 amide bonds. The van der Waals surface area contributed by atoms with Crippen molar-refractivity contribution in [2.75, 3.05) is 25.0 Å². The van der Waals surface area contributed by atoms with E-state index in [2.05, 4.69) is 26.8 Å². The van der Waals surface area contributed by atoms with Crippen molar-refractivity contribution in [2.45, 2.75) is 19.0 Å². The minimum atomic E-state index is -0.532. The first-order valence-electron chi connectivity index (χ1n) is 9.89. The Kier molecular flexibility index (Phi) is 7.83. The van der Waals surface area contributed by atoms with Gasteiger partial charge in [0, 0.05) is 45.1 Å². The number of nitrogens with zero attached hydrogens (tertiary/aromatic N) is 4. The highest BCUT2D eigenvalue weighted by Gasteiger charge is 2.27. The van der Waals surface area contributed by atoms with E-state index >= 15 is 0 Å². The minimum Gasteiger partial charge on any atom is -0.365 e. The molecule has 0 saturated carbocycles. The Morgan fingerprint density at radius 1 is 1.16 bits per heavy atom. The molecule has 3 aromatic rings. The summed E-state index contributed by atoms with van der Waals surface area (Å²) in [7, 11) is 1.71. The number of aromatic nitrogens is 2. The topological polar surface area (TPSA) is 57.5 Å². The minimum absolute atomic E-state index is 0. The molecule has 1 aliphatic rings. The molecule has 2 N–H and O–H groups in total. The summed E-state index contributed by atoms with van der Waals surface area (Å²) in [6, 6.07) is 14.0. The van der Waals surface area contributed by atoms with Crippen molar-refractivity contribution in [1.82, 2.24) is 20.4 Å². The smallest absolute Gasteiger partial charge is 0.191 e. The molecule has 1 aliphatic heterocycles. The van der Waals surface area contributed by atoms with Crippen LogP contribution in [0.4, 0.5) is 14.5 Å². The van der Waals surface area contributed by atoms with Crippen LogP contribution < -0.4 is 15.5 Å². The van der Waals surface area contributed by atoms with Crippen LogP contribution in [0, 0.1) is 11.6 Å². The van der Waals surface area contributed by atoms with E-state index in [4.69, 9.17) is 0 Å². The molecule has 0 spiro atoms. The molecule has 0 radical (unpaired) electrons. The predicted octanol–water partition coefficient (Wildman–Crippen LogP) is 3.71. The molecular formula is C22H25F2IN6. The van der Waals surface area contributed by atoms with Crippen molar-refractivity contribution < 1.29 is 8.78 Å². The number of aliphatic imine (C=N–C) groups is 1. The van der Waals surface area contributed by atoms with E-state index in [1.54, 1.807) is 18.1 Å². The number of para-hydroxylation sites is 1. The quantitative estimate of drug-likeness (QED) is 0.296. The number of benzene rings is 2. The van der Waals surface area contributed by atoms with Crippen LogP contribution in [0.5, 0.6) is 0 Å². The van der Waals surface area contributed by atoms with Crippen molar-refractivity contribution in [3.63, 3.8) is 0 Å². The first kappa shape index (κ1) is 23.0. The zero-order chi connectivity index (χ0) is 20.9. The molecule has 2 aromatic carbocycles. The Morgan fingerprint density at radius 3 is 2.65 bits per heavy atom. The van der Waals surface area contributed by atoms with E-state index < -0.39 is 11.6 Å². The van der Waals surface area contributed by atoms with Gasteiger partial charge in [-0.2, -0.15) is 5.10 Å². The zero-order valence-electron chi connectivity index (χ0n) is 17.1. The largest absolute Gasteiger partial charge is 0.365 e. The third kappa shape index (κ3) is 5.52. The summed E-state index contributed by atoms with van der Waals surface area (Å²) in [4.78, 5) is 6.02. The second kappa shape index (κ2) is 10.6. The van der Waals surface area contributed by atoms with Gasteiger partial charge in [0.05, 0.1) is 5.69 Å². The predicted molar refractivity (Wildman–Crippen MR) is 129 cm³/mol. The second-order valence-corrected chi connectivity index (χ2v) is 7.19. The molecule has 2 heterocycles. The summed E-state index contributed by atoms with van der Waals surface area (Å²) in [5.74, 6) is -0.411. The highest BCUT2D eigenvalue weighted by atomic mass is 127. The lowest BCUT2D eigenvalue weighted by Crippen LogP contribution is -2.44. The van der Waals surface area contributed by atoms with Crippen molar-refractivity contribution in [3.8, 4) is 5.69 Å². The second-order valence-electron chi connectivity index (χ2n) is 7.19. The van der Waals surface area contributed by atoms with Gasteiger partial charge in [-0.15, -0.1) is 24.0 Å².